The maximum absolute atomic E-state index is 13.1. The lowest BCUT2D eigenvalue weighted by molar-refractivity contribution is -0.149. The van der Waals surface area contributed by atoms with Gasteiger partial charge in [0.25, 0.3) is 0 Å². The van der Waals surface area contributed by atoms with Gasteiger partial charge < -0.3 is 20.3 Å². The lowest BCUT2D eigenvalue weighted by atomic mass is 9.89. The van der Waals surface area contributed by atoms with E-state index in [-0.39, 0.29) is 30.7 Å². The number of nitrogens with one attached hydrogen (secondary N) is 2. The minimum absolute atomic E-state index is 0.0203. The highest BCUT2D eigenvalue weighted by Gasteiger charge is 2.41. The maximum Gasteiger partial charge on any atom is 0.326 e. The molecular formula is C33H57N3O5Si. The Morgan fingerprint density at radius 2 is 1.50 bits per heavy atom. The molecule has 0 aromatic carbocycles. The third-order valence-corrected chi connectivity index (χ3v) is 15.9. The van der Waals surface area contributed by atoms with Gasteiger partial charge >= 0.3 is 5.97 Å². The molecule has 0 aliphatic carbocycles. The van der Waals surface area contributed by atoms with Gasteiger partial charge in [-0.05, 0) is 48.9 Å². The molecule has 1 aliphatic heterocycles. The van der Waals surface area contributed by atoms with Gasteiger partial charge in [0.05, 0.1) is 8.07 Å². The summed E-state index contributed by atoms with van der Waals surface area (Å²) in [5, 5.41) is 5.41. The van der Waals surface area contributed by atoms with E-state index in [0.29, 0.717) is 22.2 Å². The van der Waals surface area contributed by atoms with E-state index in [9.17, 15) is 19.2 Å². The summed E-state index contributed by atoms with van der Waals surface area (Å²) in [6, 6.07) is -1.65. The van der Waals surface area contributed by atoms with Gasteiger partial charge in [-0.1, -0.05) is 91.8 Å². The van der Waals surface area contributed by atoms with Crippen LogP contribution in [0.15, 0.2) is 35.1 Å². The molecule has 2 unspecified atom stereocenters. The minimum atomic E-state index is -1.83. The molecule has 0 spiro atoms. The van der Waals surface area contributed by atoms with E-state index in [1.54, 1.807) is 6.92 Å². The number of hydrogen-bond donors (Lipinski definition) is 2. The zero-order valence-electron chi connectivity index (χ0n) is 28.4. The molecule has 238 valence electrons. The third-order valence-electron chi connectivity index (χ3n) is 8.95. The Kier molecular flexibility index (Phi) is 13.9. The number of amides is 3. The van der Waals surface area contributed by atoms with Crippen LogP contribution in [0.1, 0.15) is 89.5 Å². The fourth-order valence-corrected chi connectivity index (χ4v) is 12.6. The number of ether oxygens (including phenoxy) is 1. The second-order valence-corrected chi connectivity index (χ2v) is 19.2. The molecule has 0 radical (unpaired) electrons. The molecule has 42 heavy (non-hydrogen) atoms. The number of nitrogens with zero attached hydrogens (tertiary/aromatic N) is 1. The van der Waals surface area contributed by atoms with Crippen molar-refractivity contribution in [2.75, 3.05) is 13.6 Å². The predicted molar refractivity (Wildman–Crippen MR) is 173 cm³/mol. The van der Waals surface area contributed by atoms with Crippen LogP contribution in [0.25, 0.3) is 0 Å². The van der Waals surface area contributed by atoms with Gasteiger partial charge in [-0.3, -0.25) is 19.2 Å². The first-order valence-electron chi connectivity index (χ1n) is 15.4. The highest BCUT2D eigenvalue weighted by Crippen LogP contribution is 2.43. The van der Waals surface area contributed by atoms with E-state index in [0.717, 1.165) is 11.1 Å². The molecule has 0 saturated carbocycles. The fraction of sp³-hybridized carbons (Fsp3) is 0.697. The maximum atomic E-state index is 13.1. The van der Waals surface area contributed by atoms with Gasteiger partial charge in [0.15, 0.2) is 0 Å². The molecule has 4 atom stereocenters. The number of esters is 1. The third kappa shape index (κ3) is 9.16. The Morgan fingerprint density at radius 1 is 0.976 bits per heavy atom. The lowest BCUT2D eigenvalue weighted by Crippen LogP contribution is -2.55. The standard InChI is InChI=1S/C33H57N3O5Si/c1-19(2)30-32(39)34-17-29(38)41-31(26(12)24(10)16-28(37)35-27(13)33(40)36(30)14)25(11)15-23(9)18-42(20(3)4,21(5)6)22(7)8/h15,18-22,26-27,30-31H,10,16-17H2,1-9,11-14H3,(H,34,39)(H,35,37)/b23-18+,25-15+/t26-,27+,30?,31?/m1/s1. The Balaban J connectivity index is 3.55. The van der Waals surface area contributed by atoms with E-state index in [1.165, 1.54) is 11.9 Å². The lowest BCUT2D eigenvalue weighted by Gasteiger charge is -2.41. The smallest absolute Gasteiger partial charge is 0.326 e. The monoisotopic (exact) mass is 603 g/mol. The Bertz CT molecular complexity index is 1050. The van der Waals surface area contributed by atoms with Crippen LogP contribution in [0, 0.1) is 11.8 Å². The molecular weight excluding hydrogens is 546 g/mol. The van der Waals surface area contributed by atoms with Crippen LogP contribution >= 0.6 is 0 Å². The van der Waals surface area contributed by atoms with Crippen molar-refractivity contribution in [1.29, 1.82) is 0 Å². The predicted octanol–water partition coefficient (Wildman–Crippen LogP) is 5.71. The average Bonchev–Trinajstić information content (AvgIpc) is 2.86. The molecule has 0 bridgehead atoms. The van der Waals surface area contributed by atoms with Gasteiger partial charge in [-0.2, -0.15) is 0 Å². The first-order valence-corrected chi connectivity index (χ1v) is 17.7. The van der Waals surface area contributed by atoms with Crippen LogP contribution in [-0.4, -0.2) is 68.4 Å². The van der Waals surface area contributed by atoms with E-state index < -0.39 is 44.0 Å². The normalized spacial score (nSPS) is 25.1. The summed E-state index contributed by atoms with van der Waals surface area (Å²) in [5.74, 6) is -2.41. The zero-order chi connectivity index (χ0) is 32.7. The number of rotatable bonds is 7. The summed E-state index contributed by atoms with van der Waals surface area (Å²) >= 11 is 0. The second-order valence-electron chi connectivity index (χ2n) is 13.4. The van der Waals surface area contributed by atoms with E-state index in [2.05, 4.69) is 77.5 Å². The fourth-order valence-electron chi connectivity index (χ4n) is 6.72. The molecule has 0 aromatic heterocycles. The molecule has 3 amide bonds. The Hall–Kier alpha value is -2.68. The summed E-state index contributed by atoms with van der Waals surface area (Å²) in [4.78, 5) is 53.5. The van der Waals surface area contributed by atoms with Gasteiger partial charge in [0.1, 0.15) is 24.7 Å². The molecule has 8 nitrogen and oxygen atoms in total. The highest BCUT2D eigenvalue weighted by atomic mass is 28.3. The van der Waals surface area contributed by atoms with Crippen molar-refractivity contribution in [3.05, 3.63) is 35.1 Å². The molecule has 0 aromatic rings. The molecule has 1 fully saturated rings. The number of allylic oxidation sites excluding steroid dienone is 2. The van der Waals surface area contributed by atoms with Crippen LogP contribution in [0.4, 0.5) is 0 Å². The van der Waals surface area contributed by atoms with Crippen molar-refractivity contribution in [1.82, 2.24) is 15.5 Å². The number of cyclic esters (lactones) is 1. The van der Waals surface area contributed by atoms with Crippen LogP contribution in [0.5, 0.6) is 0 Å². The van der Waals surface area contributed by atoms with E-state index in [1.807, 2.05) is 27.7 Å². The Morgan fingerprint density at radius 3 is 1.98 bits per heavy atom. The van der Waals surface area contributed by atoms with Gasteiger partial charge in [0, 0.05) is 19.4 Å². The Labute approximate surface area is 255 Å². The average molecular weight is 604 g/mol. The molecule has 1 heterocycles. The first kappa shape index (κ1) is 37.3. The summed E-state index contributed by atoms with van der Waals surface area (Å²) in [6.45, 7) is 28.9. The van der Waals surface area contributed by atoms with Crippen molar-refractivity contribution in [3.63, 3.8) is 0 Å². The van der Waals surface area contributed by atoms with Crippen LogP contribution in [0.2, 0.25) is 16.6 Å². The van der Waals surface area contributed by atoms with Crippen LogP contribution in [0.3, 0.4) is 0 Å². The number of carbonyl (C=O) groups excluding carboxylic acids is 4. The van der Waals surface area contributed by atoms with Crippen LogP contribution in [-0.2, 0) is 23.9 Å². The van der Waals surface area contributed by atoms with Crippen molar-refractivity contribution >= 4 is 31.8 Å². The van der Waals surface area contributed by atoms with Crippen molar-refractivity contribution in [3.8, 4) is 0 Å². The molecule has 2 N–H and O–H groups in total. The number of carbonyl (C=O) groups is 4. The van der Waals surface area contributed by atoms with Crippen LogP contribution < -0.4 is 10.6 Å². The van der Waals surface area contributed by atoms with Gasteiger partial charge in [-0.25, -0.2) is 0 Å². The minimum Gasteiger partial charge on any atom is -0.456 e. The summed E-state index contributed by atoms with van der Waals surface area (Å²) in [5.41, 5.74) is 6.70. The first-order chi connectivity index (χ1) is 19.3. The quantitative estimate of drug-likeness (QED) is 0.168. The van der Waals surface area contributed by atoms with Crippen molar-refractivity contribution in [2.24, 2.45) is 11.8 Å². The number of likely N-dealkylation sites (N-methyl/N-ethyl adjacent to an activating group) is 1. The van der Waals surface area contributed by atoms with Crippen molar-refractivity contribution in [2.45, 2.75) is 124 Å². The molecule has 1 rings (SSSR count). The van der Waals surface area contributed by atoms with E-state index >= 15 is 0 Å². The molecule has 1 aliphatic rings. The molecule has 9 heteroatoms. The molecule has 1 saturated heterocycles. The van der Waals surface area contributed by atoms with E-state index in [4.69, 9.17) is 4.74 Å². The zero-order valence-corrected chi connectivity index (χ0v) is 29.4. The summed E-state index contributed by atoms with van der Waals surface area (Å²) in [7, 11) is -0.296. The largest absolute Gasteiger partial charge is 0.456 e. The number of hydrogen-bond acceptors (Lipinski definition) is 5. The summed E-state index contributed by atoms with van der Waals surface area (Å²) in [6.07, 6.45) is 1.38. The highest BCUT2D eigenvalue weighted by molar-refractivity contribution is 6.88. The summed E-state index contributed by atoms with van der Waals surface area (Å²) < 4.78 is 5.98. The second kappa shape index (κ2) is 15.7. The topological polar surface area (TPSA) is 105 Å². The van der Waals surface area contributed by atoms with Gasteiger partial charge in [0.2, 0.25) is 17.7 Å². The van der Waals surface area contributed by atoms with Crippen molar-refractivity contribution < 1.29 is 23.9 Å². The van der Waals surface area contributed by atoms with Gasteiger partial charge in [-0.15, -0.1) is 0 Å². The SMILES string of the molecule is C=C1CC(=O)N[C@@H](C)C(=O)N(C)C(C(C)C)C(=O)NCC(=O)OC(/C(C)=C/C(C)=C/[Si](C(C)C)(C(C)C)C(C)C)[C@@H]1C.